The van der Waals surface area contributed by atoms with Crippen LogP contribution in [0.1, 0.15) is 290 Å². The van der Waals surface area contributed by atoms with Crippen molar-refractivity contribution in [1.82, 2.24) is 0 Å². The van der Waals surface area contributed by atoms with Crippen LogP contribution in [0.2, 0.25) is 0 Å². The zero-order chi connectivity index (χ0) is 48.3. The lowest BCUT2D eigenvalue weighted by molar-refractivity contribution is -0.870. The summed E-state index contributed by atoms with van der Waals surface area (Å²) >= 11 is 0. The van der Waals surface area contributed by atoms with Crippen molar-refractivity contribution >= 4 is 13.8 Å². The number of phosphoric ester groups is 1. The number of phosphoric acid groups is 1. The van der Waals surface area contributed by atoms with E-state index in [9.17, 15) is 14.3 Å². The summed E-state index contributed by atoms with van der Waals surface area (Å²) in [5, 5.41) is 0. The van der Waals surface area contributed by atoms with Gasteiger partial charge >= 0.3 is 13.8 Å². The Morgan fingerprint density at radius 2 is 0.788 bits per heavy atom. The summed E-state index contributed by atoms with van der Waals surface area (Å²) < 4.78 is 35.3. The maximum absolute atomic E-state index is 12.8. The first kappa shape index (κ1) is 65.2. The first-order valence-electron chi connectivity index (χ1n) is 28.9. The largest absolute Gasteiger partial charge is 0.472 e. The predicted octanol–water partition coefficient (Wildman–Crippen LogP) is 18.1. The number of rotatable bonds is 55. The quantitative estimate of drug-likeness (QED) is 0.0213. The first-order valence-corrected chi connectivity index (χ1v) is 30.4. The maximum Gasteiger partial charge on any atom is 0.472 e. The minimum atomic E-state index is -4.28. The van der Waals surface area contributed by atoms with Crippen molar-refractivity contribution in [1.29, 1.82) is 0 Å². The Balaban J connectivity index is 4.02. The highest BCUT2D eigenvalue weighted by Crippen LogP contribution is 2.43. The van der Waals surface area contributed by atoms with Crippen molar-refractivity contribution in [2.24, 2.45) is 0 Å². The third-order valence-electron chi connectivity index (χ3n) is 13.1. The van der Waals surface area contributed by atoms with Gasteiger partial charge < -0.3 is 18.9 Å². The summed E-state index contributed by atoms with van der Waals surface area (Å²) in [5.41, 5.74) is 0. The van der Waals surface area contributed by atoms with Crippen LogP contribution in [0.15, 0.2) is 12.2 Å². The van der Waals surface area contributed by atoms with Crippen LogP contribution in [0, 0.1) is 0 Å². The Morgan fingerprint density at radius 3 is 1.15 bits per heavy atom. The third-order valence-corrected chi connectivity index (χ3v) is 14.1. The number of hydrogen-bond donors (Lipinski definition) is 1. The van der Waals surface area contributed by atoms with Crippen LogP contribution in [-0.4, -0.2) is 75.6 Å². The minimum absolute atomic E-state index is 0.0918. The normalized spacial score (nSPS) is 13.5. The molecule has 0 saturated heterocycles. The van der Waals surface area contributed by atoms with E-state index in [0.29, 0.717) is 24.1 Å². The second-order valence-corrected chi connectivity index (χ2v) is 22.5. The van der Waals surface area contributed by atoms with Gasteiger partial charge in [-0.2, -0.15) is 0 Å². The molecule has 0 aliphatic rings. The van der Waals surface area contributed by atoms with Gasteiger partial charge in [0.25, 0.3) is 0 Å². The molecule has 2 atom stereocenters. The summed E-state index contributed by atoms with van der Waals surface area (Å²) in [4.78, 5) is 23.1. The Bertz CT molecular complexity index is 1070. The van der Waals surface area contributed by atoms with Crippen molar-refractivity contribution in [3.63, 3.8) is 0 Å². The monoisotopic (exact) mass is 957 g/mol. The van der Waals surface area contributed by atoms with Crippen LogP contribution in [0.25, 0.3) is 0 Å². The van der Waals surface area contributed by atoms with Gasteiger partial charge in [-0.05, 0) is 38.5 Å². The molecule has 0 fully saturated rings. The molecule has 0 aromatic rings. The second kappa shape index (κ2) is 50.6. The first-order chi connectivity index (χ1) is 32.1. The number of esters is 1. The number of likely N-dealkylation sites (N-methyl/N-ethyl adjacent to an activating group) is 1. The molecule has 0 aliphatic heterocycles. The van der Waals surface area contributed by atoms with Crippen molar-refractivity contribution in [3.05, 3.63) is 12.2 Å². The van der Waals surface area contributed by atoms with Gasteiger partial charge in [-0.25, -0.2) is 4.57 Å². The van der Waals surface area contributed by atoms with Gasteiger partial charge in [0.05, 0.1) is 34.4 Å². The molecule has 0 rings (SSSR count). The lowest BCUT2D eigenvalue weighted by atomic mass is 10.0. The topological polar surface area (TPSA) is 91.3 Å². The van der Waals surface area contributed by atoms with Crippen LogP contribution in [0.5, 0.6) is 0 Å². The molecule has 1 N–H and O–H groups in total. The van der Waals surface area contributed by atoms with Gasteiger partial charge in [-0.15, -0.1) is 0 Å². The molecule has 0 saturated carbocycles. The van der Waals surface area contributed by atoms with E-state index in [1.54, 1.807) is 0 Å². The van der Waals surface area contributed by atoms with Crippen molar-refractivity contribution in [2.75, 3.05) is 54.1 Å². The minimum Gasteiger partial charge on any atom is -0.457 e. The lowest BCUT2D eigenvalue weighted by Gasteiger charge is -2.24. The van der Waals surface area contributed by atoms with Crippen LogP contribution >= 0.6 is 7.82 Å². The molecule has 394 valence electrons. The van der Waals surface area contributed by atoms with Gasteiger partial charge in [0, 0.05) is 13.0 Å². The van der Waals surface area contributed by atoms with E-state index in [1.165, 1.54) is 238 Å². The van der Waals surface area contributed by atoms with Crippen LogP contribution < -0.4 is 0 Å². The summed E-state index contributed by atoms with van der Waals surface area (Å²) in [7, 11) is 1.68. The molecule has 0 amide bonds. The van der Waals surface area contributed by atoms with E-state index >= 15 is 0 Å². The van der Waals surface area contributed by atoms with Gasteiger partial charge in [0.1, 0.15) is 19.3 Å². The highest BCUT2D eigenvalue weighted by molar-refractivity contribution is 7.47. The zero-order valence-electron chi connectivity index (χ0n) is 45.0. The number of nitrogens with zero attached hydrogens (tertiary/aromatic N) is 1. The molecule has 0 bridgehead atoms. The highest BCUT2D eigenvalue weighted by atomic mass is 31.2. The highest BCUT2D eigenvalue weighted by Gasteiger charge is 2.26. The molecule has 0 aliphatic carbocycles. The molecule has 66 heavy (non-hydrogen) atoms. The molecular weight excluding hydrogens is 842 g/mol. The fourth-order valence-corrected chi connectivity index (χ4v) is 9.35. The fraction of sp³-hybridized carbons (Fsp3) is 0.947. The Hall–Kier alpha value is -0.760. The number of quaternary nitrogens is 1. The number of allylic oxidation sites excluding steroid dienone is 2. The fourth-order valence-electron chi connectivity index (χ4n) is 8.61. The van der Waals surface area contributed by atoms with E-state index in [4.69, 9.17) is 18.5 Å². The molecule has 0 aromatic heterocycles. The lowest BCUT2D eigenvalue weighted by Crippen LogP contribution is -2.37. The predicted molar refractivity (Wildman–Crippen MR) is 284 cm³/mol. The number of hydrogen-bond acceptors (Lipinski definition) is 6. The van der Waals surface area contributed by atoms with E-state index < -0.39 is 13.9 Å². The molecule has 9 heteroatoms. The smallest absolute Gasteiger partial charge is 0.457 e. The number of unbranched alkanes of at least 4 members (excludes halogenated alkanes) is 39. The SMILES string of the molecule is CCCCCCCCC/C=C\CCCCCCCCCCOCC(COP(=O)(O)OCC[N+](C)(C)C)OC(=O)CCCCCCCCCCCCCCCCCCCCCCCCCCC. The summed E-state index contributed by atoms with van der Waals surface area (Å²) in [6, 6.07) is 0. The molecule has 8 nitrogen and oxygen atoms in total. The number of carbonyl (C=O) groups is 1. The van der Waals surface area contributed by atoms with E-state index in [-0.39, 0.29) is 25.8 Å². The van der Waals surface area contributed by atoms with Crippen LogP contribution in [0.4, 0.5) is 0 Å². The maximum atomic E-state index is 12.8. The second-order valence-electron chi connectivity index (χ2n) is 21.0. The molecular formula is C57H115NO7P+. The molecule has 0 radical (unpaired) electrons. The summed E-state index contributed by atoms with van der Waals surface area (Å²) in [5.74, 6) is -0.306. The van der Waals surface area contributed by atoms with Crippen LogP contribution in [0.3, 0.4) is 0 Å². The Kier molecular flexibility index (Phi) is 50.0. The number of ether oxygens (including phenoxy) is 2. The Morgan fingerprint density at radius 1 is 0.455 bits per heavy atom. The molecule has 0 heterocycles. The van der Waals surface area contributed by atoms with Crippen molar-refractivity contribution in [2.45, 2.75) is 296 Å². The van der Waals surface area contributed by atoms with Gasteiger partial charge in [0.2, 0.25) is 0 Å². The summed E-state index contributed by atoms with van der Waals surface area (Å²) in [6.45, 7) is 5.69. The molecule has 2 unspecified atom stereocenters. The zero-order valence-corrected chi connectivity index (χ0v) is 45.9. The van der Waals surface area contributed by atoms with Crippen molar-refractivity contribution in [3.8, 4) is 0 Å². The van der Waals surface area contributed by atoms with Crippen LogP contribution in [-0.2, 0) is 27.9 Å². The van der Waals surface area contributed by atoms with Gasteiger partial charge in [-0.3, -0.25) is 13.8 Å². The molecule has 0 aromatic carbocycles. The van der Waals surface area contributed by atoms with Crippen molar-refractivity contribution < 1.29 is 37.3 Å². The molecule has 0 spiro atoms. The average molecular weight is 958 g/mol. The third kappa shape index (κ3) is 54.2. The van der Waals surface area contributed by atoms with E-state index in [1.807, 2.05) is 21.1 Å². The average Bonchev–Trinajstić information content (AvgIpc) is 3.28. The summed E-state index contributed by atoms with van der Waals surface area (Å²) in [6.07, 6.45) is 59.9. The van der Waals surface area contributed by atoms with E-state index in [2.05, 4.69) is 26.0 Å². The van der Waals surface area contributed by atoms with Gasteiger partial charge in [0.15, 0.2) is 0 Å². The van der Waals surface area contributed by atoms with Gasteiger partial charge in [-0.1, -0.05) is 257 Å². The standard InChI is InChI=1S/C57H114NO7P/c1-6-8-10-12-14-16-18-20-22-24-26-27-28-29-30-31-32-34-36-38-40-42-44-46-48-50-57(59)65-56(55-64-66(60,61)63-53-51-58(3,4)5)54-62-52-49-47-45-43-41-39-37-35-33-25-23-21-19-17-15-13-11-9-7-2/h23,25,56H,6-22,24,26-55H2,1-5H3/p+1/b25-23-. The Labute approximate surface area is 411 Å². The number of carbonyl (C=O) groups excluding carboxylic acids is 1. The van der Waals surface area contributed by atoms with E-state index in [0.717, 1.165) is 32.1 Å².